The molecule has 3 aromatic carbocycles. The number of aliphatic hydroxyl groups is 1. The summed E-state index contributed by atoms with van der Waals surface area (Å²) in [7, 11) is -3.92. The van der Waals surface area contributed by atoms with Gasteiger partial charge in [0.15, 0.2) is 0 Å². The summed E-state index contributed by atoms with van der Waals surface area (Å²) in [6.07, 6.45) is -0.923. The number of benzene rings is 3. The van der Waals surface area contributed by atoms with Gasteiger partial charge in [-0.15, -0.1) is 0 Å². The van der Waals surface area contributed by atoms with Gasteiger partial charge in [-0.05, 0) is 54.4 Å². The number of fused-ring (bicyclic) bond motifs is 3. The van der Waals surface area contributed by atoms with Crippen LogP contribution >= 0.6 is 0 Å². The largest absolute Gasteiger partial charge is 0.487 e. The highest BCUT2D eigenvalue weighted by Crippen LogP contribution is 2.47. The van der Waals surface area contributed by atoms with E-state index in [-0.39, 0.29) is 29.7 Å². The number of nitrogens with one attached hydrogen (secondary N) is 2. The number of hydrogen-bond donors (Lipinski definition) is 3. The van der Waals surface area contributed by atoms with Crippen LogP contribution in [0.2, 0.25) is 0 Å². The number of rotatable bonds is 8. The number of anilines is 1. The third kappa shape index (κ3) is 5.61. The van der Waals surface area contributed by atoms with Gasteiger partial charge in [0.25, 0.3) is 10.0 Å². The van der Waals surface area contributed by atoms with Gasteiger partial charge in [-0.1, -0.05) is 30.3 Å². The van der Waals surface area contributed by atoms with Crippen molar-refractivity contribution in [3.63, 3.8) is 0 Å². The van der Waals surface area contributed by atoms with Gasteiger partial charge in [-0.25, -0.2) is 12.8 Å². The van der Waals surface area contributed by atoms with E-state index in [2.05, 4.69) is 10.0 Å². The molecule has 0 saturated carbocycles. The first kappa shape index (κ1) is 25.2. The average Bonchev–Trinajstić information content (AvgIpc) is 3.25. The molecule has 1 fully saturated rings. The lowest BCUT2D eigenvalue weighted by Crippen LogP contribution is -2.47. The standard InChI is InChI=1S/C27H27FN2O6S/c28-18-6-9-21(10-7-18)37(33,34)30-19-8-11-24-22(12-19)23-13-20(35-25(16-31)27(23)36-24)14-26(32)29-15-17-4-2-1-3-5-17/h1-12,20,23,25,27,30-31H,13-16H2,(H,29,32)/t20-,23-,25-,27+/m0/s1. The fourth-order valence-corrected chi connectivity index (χ4v) is 5.91. The van der Waals surface area contributed by atoms with Gasteiger partial charge in [0.1, 0.15) is 23.8 Å². The van der Waals surface area contributed by atoms with Gasteiger partial charge in [-0.2, -0.15) is 0 Å². The van der Waals surface area contributed by atoms with E-state index < -0.39 is 34.2 Å². The third-order valence-corrected chi connectivity index (χ3v) is 8.02. The molecule has 3 aromatic rings. The van der Waals surface area contributed by atoms with Crippen molar-refractivity contribution < 1.29 is 32.2 Å². The van der Waals surface area contributed by atoms with Crippen molar-refractivity contribution in [2.75, 3.05) is 11.3 Å². The maximum absolute atomic E-state index is 13.2. The second-order valence-electron chi connectivity index (χ2n) is 9.18. The number of aliphatic hydroxyl groups excluding tert-OH is 1. The molecular formula is C27H27FN2O6S. The predicted molar refractivity (Wildman–Crippen MR) is 134 cm³/mol. The third-order valence-electron chi connectivity index (χ3n) is 6.62. The molecule has 10 heteroatoms. The minimum absolute atomic E-state index is 0.0588. The van der Waals surface area contributed by atoms with Crippen molar-refractivity contribution in [1.82, 2.24) is 5.32 Å². The molecule has 1 amide bonds. The summed E-state index contributed by atoms with van der Waals surface area (Å²) in [5.74, 6) is -0.302. The Balaban J connectivity index is 1.29. The van der Waals surface area contributed by atoms with E-state index >= 15 is 0 Å². The Morgan fingerprint density at radius 1 is 1.05 bits per heavy atom. The van der Waals surface area contributed by atoms with E-state index in [0.717, 1.165) is 23.3 Å². The van der Waals surface area contributed by atoms with Gasteiger partial charge in [0.2, 0.25) is 5.91 Å². The highest BCUT2D eigenvalue weighted by Gasteiger charge is 2.46. The summed E-state index contributed by atoms with van der Waals surface area (Å²) in [4.78, 5) is 12.5. The maximum atomic E-state index is 13.2. The molecule has 0 unspecified atom stereocenters. The fraction of sp³-hybridized carbons (Fsp3) is 0.296. The van der Waals surface area contributed by atoms with Crippen LogP contribution in [-0.2, 0) is 26.1 Å². The SMILES string of the molecule is O=C(C[C@@H]1C[C@H]2c3cc(NS(=O)(=O)c4ccc(F)cc4)ccc3O[C@H]2[C@H](CO)O1)NCc1ccccc1. The second-order valence-corrected chi connectivity index (χ2v) is 10.9. The van der Waals surface area contributed by atoms with Crippen molar-refractivity contribution in [1.29, 1.82) is 0 Å². The Bertz CT molecular complexity index is 1370. The number of halogens is 1. The number of amides is 1. The van der Waals surface area contributed by atoms with E-state index in [1.54, 1.807) is 18.2 Å². The molecule has 37 heavy (non-hydrogen) atoms. The van der Waals surface area contributed by atoms with Crippen molar-refractivity contribution in [3.05, 3.63) is 89.7 Å². The van der Waals surface area contributed by atoms with Crippen LogP contribution in [0.4, 0.5) is 10.1 Å². The lowest BCUT2D eigenvalue weighted by Gasteiger charge is -2.37. The van der Waals surface area contributed by atoms with Crippen LogP contribution in [0.1, 0.15) is 29.9 Å². The van der Waals surface area contributed by atoms with Gasteiger partial charge in [-0.3, -0.25) is 9.52 Å². The monoisotopic (exact) mass is 526 g/mol. The van der Waals surface area contributed by atoms with Crippen LogP contribution in [0.3, 0.4) is 0 Å². The smallest absolute Gasteiger partial charge is 0.261 e. The highest BCUT2D eigenvalue weighted by molar-refractivity contribution is 7.92. The predicted octanol–water partition coefficient (Wildman–Crippen LogP) is 3.33. The number of ether oxygens (including phenoxy) is 2. The molecule has 2 aliphatic heterocycles. The molecule has 4 atom stereocenters. The average molecular weight is 527 g/mol. The van der Waals surface area contributed by atoms with Crippen LogP contribution < -0.4 is 14.8 Å². The van der Waals surface area contributed by atoms with Gasteiger partial charge < -0.3 is 19.9 Å². The van der Waals surface area contributed by atoms with Crippen LogP contribution in [0.25, 0.3) is 0 Å². The van der Waals surface area contributed by atoms with E-state index in [4.69, 9.17) is 9.47 Å². The molecule has 0 aliphatic carbocycles. The number of carbonyl (C=O) groups is 1. The van der Waals surface area contributed by atoms with E-state index in [0.29, 0.717) is 24.4 Å². The Morgan fingerprint density at radius 2 is 1.81 bits per heavy atom. The van der Waals surface area contributed by atoms with Crippen molar-refractivity contribution in [2.24, 2.45) is 0 Å². The Hall–Kier alpha value is -3.47. The van der Waals surface area contributed by atoms with Gasteiger partial charge in [0.05, 0.1) is 24.0 Å². The molecule has 3 N–H and O–H groups in total. The number of carbonyl (C=O) groups excluding carboxylic acids is 1. The zero-order chi connectivity index (χ0) is 26.0. The second kappa shape index (κ2) is 10.5. The lowest BCUT2D eigenvalue weighted by atomic mass is 9.84. The molecule has 8 nitrogen and oxygen atoms in total. The molecule has 1 saturated heterocycles. The summed E-state index contributed by atoms with van der Waals surface area (Å²) < 4.78 is 53.3. The Labute approximate surface area is 214 Å². The summed E-state index contributed by atoms with van der Waals surface area (Å²) >= 11 is 0. The number of sulfonamides is 1. The van der Waals surface area contributed by atoms with Crippen molar-refractivity contribution in [3.8, 4) is 5.75 Å². The summed E-state index contributed by atoms with van der Waals surface area (Å²) in [5, 5.41) is 12.8. The molecule has 5 rings (SSSR count). The van der Waals surface area contributed by atoms with E-state index in [1.807, 2.05) is 30.3 Å². The molecular weight excluding hydrogens is 499 g/mol. The quantitative estimate of drug-likeness (QED) is 0.415. The normalized spacial score (nSPS) is 22.4. The maximum Gasteiger partial charge on any atom is 0.261 e. The lowest BCUT2D eigenvalue weighted by molar-refractivity contribution is -0.142. The zero-order valence-electron chi connectivity index (χ0n) is 19.8. The summed E-state index contributed by atoms with van der Waals surface area (Å²) in [6, 6.07) is 19.1. The first-order chi connectivity index (χ1) is 17.8. The summed E-state index contributed by atoms with van der Waals surface area (Å²) in [6.45, 7) is 0.132. The summed E-state index contributed by atoms with van der Waals surface area (Å²) in [5.41, 5.74) is 2.10. The van der Waals surface area contributed by atoms with Crippen molar-refractivity contribution >= 4 is 21.6 Å². The van der Waals surface area contributed by atoms with Crippen LogP contribution in [0.5, 0.6) is 5.75 Å². The van der Waals surface area contributed by atoms with Gasteiger partial charge >= 0.3 is 0 Å². The number of hydrogen-bond acceptors (Lipinski definition) is 6. The highest BCUT2D eigenvalue weighted by atomic mass is 32.2. The van der Waals surface area contributed by atoms with Crippen LogP contribution in [0.15, 0.2) is 77.7 Å². The minimum atomic E-state index is -3.92. The molecule has 2 heterocycles. The van der Waals surface area contributed by atoms with Crippen molar-refractivity contribution in [2.45, 2.75) is 48.5 Å². The Morgan fingerprint density at radius 3 is 2.54 bits per heavy atom. The van der Waals surface area contributed by atoms with Gasteiger partial charge in [0, 0.05) is 23.7 Å². The molecule has 0 aromatic heterocycles. The molecule has 0 spiro atoms. The van der Waals surface area contributed by atoms with Crippen LogP contribution in [-0.4, -0.2) is 44.4 Å². The topological polar surface area (TPSA) is 114 Å². The molecule has 0 bridgehead atoms. The zero-order valence-corrected chi connectivity index (χ0v) is 20.7. The minimum Gasteiger partial charge on any atom is -0.487 e. The van der Waals surface area contributed by atoms with E-state index in [1.165, 1.54) is 12.1 Å². The molecule has 194 valence electrons. The molecule has 0 radical (unpaired) electrons. The van der Waals surface area contributed by atoms with Crippen LogP contribution in [0, 0.1) is 5.82 Å². The first-order valence-electron chi connectivity index (χ1n) is 12.0. The van der Waals surface area contributed by atoms with E-state index in [9.17, 15) is 22.7 Å². The molecule has 2 aliphatic rings. The fourth-order valence-electron chi connectivity index (χ4n) is 4.86. The Kier molecular flexibility index (Phi) is 7.14. The first-order valence-corrected chi connectivity index (χ1v) is 13.5.